The van der Waals surface area contributed by atoms with Crippen LogP contribution >= 0.6 is 0 Å². The number of ether oxygens (including phenoxy) is 1. The van der Waals surface area contributed by atoms with E-state index in [1.165, 1.54) is 0 Å². The molecule has 2 rings (SSSR count). The Balaban J connectivity index is 2.00. The summed E-state index contributed by atoms with van der Waals surface area (Å²) < 4.78 is 40.9. The molecule has 2 aromatic carbocycles. The van der Waals surface area contributed by atoms with Crippen LogP contribution in [0.3, 0.4) is 0 Å². The van der Waals surface area contributed by atoms with Gasteiger partial charge in [0.2, 0.25) is 0 Å². The maximum atomic E-state index is 12.4. The van der Waals surface area contributed by atoms with Crippen molar-refractivity contribution in [1.82, 2.24) is 10.6 Å². The van der Waals surface area contributed by atoms with Gasteiger partial charge >= 0.3 is 12.3 Å². The van der Waals surface area contributed by atoms with Crippen molar-refractivity contribution in [1.29, 1.82) is 0 Å². The number of amides is 2. The number of alkyl halides is 3. The normalized spacial score (nSPS) is 12.1. The first-order valence-electron chi connectivity index (χ1n) is 8.62. The van der Waals surface area contributed by atoms with Crippen molar-refractivity contribution >= 4 is 12.0 Å². The van der Waals surface area contributed by atoms with Crippen LogP contribution in [0, 0.1) is 6.92 Å². The number of carbonyl (C=O) groups is 2. The molecule has 0 aliphatic carbocycles. The molecule has 5 nitrogen and oxygen atoms in total. The van der Waals surface area contributed by atoms with E-state index < -0.39 is 24.9 Å². The Morgan fingerprint density at radius 1 is 1.04 bits per heavy atom. The molecule has 8 heteroatoms. The Hall–Kier alpha value is -3.03. The summed E-state index contributed by atoms with van der Waals surface area (Å²) in [5, 5.41) is 5.09. The first kappa shape index (κ1) is 21.3. The molecule has 0 fully saturated rings. The molecule has 2 N–H and O–H groups in total. The van der Waals surface area contributed by atoms with Gasteiger partial charge in [-0.3, -0.25) is 4.79 Å². The molecule has 150 valence electrons. The summed E-state index contributed by atoms with van der Waals surface area (Å²) in [5.41, 5.74) is 2.13. The molecule has 0 saturated heterocycles. The zero-order valence-corrected chi connectivity index (χ0v) is 15.3. The maximum absolute atomic E-state index is 12.4. The molecule has 1 atom stereocenters. The van der Waals surface area contributed by atoms with E-state index in [2.05, 4.69) is 15.4 Å². The lowest BCUT2D eigenvalue weighted by molar-refractivity contribution is -0.160. The number of alkyl carbamates (subject to hydrolysis) is 1. The molecule has 28 heavy (non-hydrogen) atoms. The monoisotopic (exact) mass is 394 g/mol. The first-order valence-corrected chi connectivity index (χ1v) is 8.62. The summed E-state index contributed by atoms with van der Waals surface area (Å²) in [7, 11) is 0. The van der Waals surface area contributed by atoms with Crippen molar-refractivity contribution in [3.05, 3.63) is 71.3 Å². The van der Waals surface area contributed by atoms with Gasteiger partial charge in [-0.15, -0.1) is 0 Å². The summed E-state index contributed by atoms with van der Waals surface area (Å²) in [6.07, 6.45) is -5.48. The molecule has 0 aliphatic heterocycles. The SMILES string of the molecule is Cc1ccccc1C(=O)NCC(Cc1ccccc1)NC(=O)OCC(F)(F)F. The zero-order chi connectivity index (χ0) is 20.6. The maximum Gasteiger partial charge on any atom is 0.422 e. The van der Waals surface area contributed by atoms with E-state index in [-0.39, 0.29) is 12.5 Å². The van der Waals surface area contributed by atoms with Crippen LogP contribution in [-0.4, -0.2) is 37.4 Å². The molecule has 0 spiro atoms. The highest BCUT2D eigenvalue weighted by Crippen LogP contribution is 2.14. The Bertz CT molecular complexity index is 795. The lowest BCUT2D eigenvalue weighted by Gasteiger charge is -2.20. The molecule has 1 unspecified atom stereocenters. The number of halogens is 3. The van der Waals surface area contributed by atoms with Gasteiger partial charge in [0, 0.05) is 12.1 Å². The van der Waals surface area contributed by atoms with E-state index in [4.69, 9.17) is 0 Å². The van der Waals surface area contributed by atoms with Gasteiger partial charge in [-0.1, -0.05) is 48.5 Å². The van der Waals surface area contributed by atoms with E-state index in [9.17, 15) is 22.8 Å². The van der Waals surface area contributed by atoms with Crippen molar-refractivity contribution in [3.8, 4) is 0 Å². The summed E-state index contributed by atoms with van der Waals surface area (Å²) in [6, 6.07) is 15.4. The van der Waals surface area contributed by atoms with E-state index in [1.807, 2.05) is 24.3 Å². The fourth-order valence-corrected chi connectivity index (χ4v) is 2.57. The van der Waals surface area contributed by atoms with Gasteiger partial charge in [-0.2, -0.15) is 13.2 Å². The summed E-state index contributed by atoms with van der Waals surface area (Å²) >= 11 is 0. The molecule has 0 heterocycles. The van der Waals surface area contributed by atoms with Crippen molar-refractivity contribution < 1.29 is 27.5 Å². The van der Waals surface area contributed by atoms with Gasteiger partial charge in [0.25, 0.3) is 5.91 Å². The molecular formula is C20H21F3N2O3. The van der Waals surface area contributed by atoms with Crippen LogP contribution in [0.1, 0.15) is 21.5 Å². The molecule has 0 bridgehead atoms. The quantitative estimate of drug-likeness (QED) is 0.754. The zero-order valence-electron chi connectivity index (χ0n) is 15.3. The Morgan fingerprint density at radius 3 is 2.32 bits per heavy atom. The van der Waals surface area contributed by atoms with Gasteiger partial charge in [-0.05, 0) is 30.5 Å². The minimum atomic E-state index is -4.61. The standard InChI is InChI=1S/C20H21F3N2O3/c1-14-7-5-6-10-17(14)18(26)24-12-16(11-15-8-3-2-4-9-15)25-19(27)28-13-20(21,22)23/h2-10,16H,11-13H2,1H3,(H,24,26)(H,25,27). The number of aryl methyl sites for hydroxylation is 1. The van der Waals surface area contributed by atoms with Crippen LogP contribution in [0.15, 0.2) is 54.6 Å². The average molecular weight is 394 g/mol. The summed E-state index contributed by atoms with van der Waals surface area (Å²) in [4.78, 5) is 24.1. The molecule has 2 aromatic rings. The second-order valence-corrected chi connectivity index (χ2v) is 6.25. The Morgan fingerprint density at radius 2 is 1.68 bits per heavy atom. The Labute approximate surface area is 160 Å². The molecule has 0 aromatic heterocycles. The van der Waals surface area contributed by atoms with E-state index in [1.54, 1.807) is 37.3 Å². The number of carbonyl (C=O) groups excluding carboxylic acids is 2. The number of hydrogen-bond donors (Lipinski definition) is 2. The second kappa shape index (κ2) is 9.77. The number of benzene rings is 2. The number of rotatable bonds is 7. The lowest BCUT2D eigenvalue weighted by Crippen LogP contribution is -2.45. The van der Waals surface area contributed by atoms with Gasteiger partial charge in [0.1, 0.15) is 0 Å². The van der Waals surface area contributed by atoms with Crippen molar-refractivity contribution in [2.24, 2.45) is 0 Å². The van der Waals surface area contributed by atoms with Crippen LogP contribution in [0.2, 0.25) is 0 Å². The van der Waals surface area contributed by atoms with E-state index in [0.29, 0.717) is 12.0 Å². The van der Waals surface area contributed by atoms with Crippen molar-refractivity contribution in [3.63, 3.8) is 0 Å². The molecule has 0 saturated carbocycles. The smallest absolute Gasteiger partial charge is 0.422 e. The lowest BCUT2D eigenvalue weighted by atomic mass is 10.1. The highest BCUT2D eigenvalue weighted by Gasteiger charge is 2.30. The number of nitrogens with one attached hydrogen (secondary N) is 2. The van der Waals surface area contributed by atoms with Crippen LogP contribution < -0.4 is 10.6 Å². The van der Waals surface area contributed by atoms with Gasteiger partial charge in [0.15, 0.2) is 6.61 Å². The minimum absolute atomic E-state index is 0.0309. The fraction of sp³-hybridized carbons (Fsp3) is 0.300. The van der Waals surface area contributed by atoms with E-state index in [0.717, 1.165) is 11.1 Å². The summed E-state index contributed by atoms with van der Waals surface area (Å²) in [5.74, 6) is -0.332. The van der Waals surface area contributed by atoms with Crippen LogP contribution in [0.5, 0.6) is 0 Å². The highest BCUT2D eigenvalue weighted by atomic mass is 19.4. The predicted molar refractivity (Wildman–Crippen MR) is 98.0 cm³/mol. The van der Waals surface area contributed by atoms with Crippen LogP contribution in [0.4, 0.5) is 18.0 Å². The minimum Gasteiger partial charge on any atom is -0.440 e. The number of hydrogen-bond acceptors (Lipinski definition) is 3. The van der Waals surface area contributed by atoms with Gasteiger partial charge in [0.05, 0.1) is 6.04 Å². The molecule has 2 amide bonds. The van der Waals surface area contributed by atoms with Crippen LogP contribution in [0.25, 0.3) is 0 Å². The largest absolute Gasteiger partial charge is 0.440 e. The highest BCUT2D eigenvalue weighted by molar-refractivity contribution is 5.95. The predicted octanol–water partition coefficient (Wildman–Crippen LogP) is 3.62. The third-order valence-electron chi connectivity index (χ3n) is 3.91. The van der Waals surface area contributed by atoms with Gasteiger partial charge in [-0.25, -0.2) is 4.79 Å². The molecule has 0 aliphatic rings. The average Bonchev–Trinajstić information content (AvgIpc) is 2.65. The van der Waals surface area contributed by atoms with Gasteiger partial charge < -0.3 is 15.4 Å². The molecular weight excluding hydrogens is 373 g/mol. The fourth-order valence-electron chi connectivity index (χ4n) is 2.57. The molecule has 0 radical (unpaired) electrons. The third-order valence-corrected chi connectivity index (χ3v) is 3.91. The third kappa shape index (κ3) is 7.30. The Kier molecular flexibility index (Phi) is 7.43. The second-order valence-electron chi connectivity index (χ2n) is 6.25. The van der Waals surface area contributed by atoms with Crippen molar-refractivity contribution in [2.45, 2.75) is 25.6 Å². The topological polar surface area (TPSA) is 67.4 Å². The summed E-state index contributed by atoms with van der Waals surface area (Å²) in [6.45, 7) is 0.152. The van der Waals surface area contributed by atoms with Crippen molar-refractivity contribution in [2.75, 3.05) is 13.2 Å². The van der Waals surface area contributed by atoms with Crippen LogP contribution in [-0.2, 0) is 11.2 Å². The van der Waals surface area contributed by atoms with E-state index >= 15 is 0 Å². The first-order chi connectivity index (χ1) is 13.2.